The van der Waals surface area contributed by atoms with Crippen molar-refractivity contribution in [1.82, 2.24) is 5.32 Å². The molecular formula is C19H24N2O2. The minimum absolute atomic E-state index is 0.00839. The summed E-state index contributed by atoms with van der Waals surface area (Å²) in [7, 11) is 0. The maximum atomic E-state index is 11.7. The van der Waals surface area contributed by atoms with Crippen LogP contribution in [0.15, 0.2) is 54.6 Å². The normalized spacial score (nSPS) is 10.1. The van der Waals surface area contributed by atoms with Crippen molar-refractivity contribution in [3.05, 3.63) is 60.2 Å². The fraction of sp³-hybridized carbons (Fsp3) is 0.316. The van der Waals surface area contributed by atoms with Crippen molar-refractivity contribution in [1.29, 1.82) is 0 Å². The maximum absolute atomic E-state index is 11.7. The lowest BCUT2D eigenvalue weighted by Crippen LogP contribution is -2.30. The molecular weight excluding hydrogens is 288 g/mol. The van der Waals surface area contributed by atoms with Gasteiger partial charge in [-0.15, -0.1) is 0 Å². The van der Waals surface area contributed by atoms with E-state index in [1.807, 2.05) is 54.6 Å². The standard InChI is InChI=1S/C19H24N2O2/c1-2-3-12-20-19(22)14-21-17-10-7-11-18(13-17)23-15-16-8-5-4-6-9-16/h4-11,13,21H,2-3,12,14-15H2,1H3,(H,20,22). The van der Waals surface area contributed by atoms with E-state index in [0.717, 1.165) is 36.4 Å². The minimum Gasteiger partial charge on any atom is -0.489 e. The van der Waals surface area contributed by atoms with Crippen LogP contribution in [-0.4, -0.2) is 19.0 Å². The Kier molecular flexibility index (Phi) is 6.98. The Morgan fingerprint density at radius 2 is 1.91 bits per heavy atom. The summed E-state index contributed by atoms with van der Waals surface area (Å²) in [6.07, 6.45) is 2.09. The predicted octanol–water partition coefficient (Wildman–Crippen LogP) is 3.59. The molecule has 0 spiro atoms. The van der Waals surface area contributed by atoms with Crippen LogP contribution in [0.1, 0.15) is 25.3 Å². The average molecular weight is 312 g/mol. The molecule has 0 heterocycles. The molecule has 0 aliphatic rings. The number of carbonyl (C=O) groups excluding carboxylic acids is 1. The third-order valence-electron chi connectivity index (χ3n) is 3.39. The predicted molar refractivity (Wildman–Crippen MR) is 93.6 cm³/mol. The number of hydrogen-bond acceptors (Lipinski definition) is 3. The van der Waals surface area contributed by atoms with E-state index < -0.39 is 0 Å². The Balaban J connectivity index is 1.79. The highest BCUT2D eigenvalue weighted by Crippen LogP contribution is 2.18. The van der Waals surface area contributed by atoms with E-state index in [4.69, 9.17) is 4.74 Å². The van der Waals surface area contributed by atoms with Crippen molar-refractivity contribution in [3.8, 4) is 5.75 Å². The summed E-state index contributed by atoms with van der Waals surface area (Å²) in [6, 6.07) is 17.7. The van der Waals surface area contributed by atoms with Crippen molar-refractivity contribution in [3.63, 3.8) is 0 Å². The summed E-state index contributed by atoms with van der Waals surface area (Å²) in [5.41, 5.74) is 2.00. The number of anilines is 1. The van der Waals surface area contributed by atoms with Gasteiger partial charge in [0, 0.05) is 18.3 Å². The van der Waals surface area contributed by atoms with Crippen LogP contribution in [0.3, 0.4) is 0 Å². The number of benzene rings is 2. The number of carbonyl (C=O) groups is 1. The van der Waals surface area contributed by atoms with Crippen LogP contribution in [0.25, 0.3) is 0 Å². The number of hydrogen-bond donors (Lipinski definition) is 2. The molecule has 0 fully saturated rings. The molecule has 0 saturated heterocycles. The lowest BCUT2D eigenvalue weighted by atomic mass is 10.2. The molecule has 0 bridgehead atoms. The highest BCUT2D eigenvalue weighted by molar-refractivity contribution is 5.80. The van der Waals surface area contributed by atoms with Gasteiger partial charge in [0.2, 0.25) is 5.91 Å². The number of rotatable bonds is 9. The fourth-order valence-electron chi connectivity index (χ4n) is 2.09. The summed E-state index contributed by atoms with van der Waals surface area (Å²) in [4.78, 5) is 11.7. The van der Waals surface area contributed by atoms with Crippen LogP contribution in [0.5, 0.6) is 5.75 Å². The number of ether oxygens (including phenoxy) is 1. The highest BCUT2D eigenvalue weighted by Gasteiger charge is 2.02. The quantitative estimate of drug-likeness (QED) is 0.696. The first-order chi connectivity index (χ1) is 11.3. The van der Waals surface area contributed by atoms with Gasteiger partial charge in [0.15, 0.2) is 0 Å². The molecule has 0 aliphatic carbocycles. The first-order valence-corrected chi connectivity index (χ1v) is 8.05. The molecule has 4 heteroatoms. The van der Waals surface area contributed by atoms with Crippen molar-refractivity contribution in [2.45, 2.75) is 26.4 Å². The van der Waals surface area contributed by atoms with Gasteiger partial charge in [0.05, 0.1) is 6.54 Å². The summed E-state index contributed by atoms with van der Waals surface area (Å²) >= 11 is 0. The smallest absolute Gasteiger partial charge is 0.239 e. The van der Waals surface area contributed by atoms with Crippen molar-refractivity contribution >= 4 is 11.6 Å². The van der Waals surface area contributed by atoms with Crippen molar-refractivity contribution < 1.29 is 9.53 Å². The minimum atomic E-state index is 0.00839. The van der Waals surface area contributed by atoms with Gasteiger partial charge in [-0.1, -0.05) is 49.7 Å². The van der Waals surface area contributed by atoms with Crippen molar-refractivity contribution in [2.24, 2.45) is 0 Å². The number of amides is 1. The zero-order valence-corrected chi connectivity index (χ0v) is 13.5. The second kappa shape index (κ2) is 9.51. The average Bonchev–Trinajstić information content (AvgIpc) is 2.60. The van der Waals surface area contributed by atoms with Gasteiger partial charge in [-0.3, -0.25) is 4.79 Å². The van der Waals surface area contributed by atoms with Crippen LogP contribution in [0.4, 0.5) is 5.69 Å². The summed E-state index contributed by atoms with van der Waals surface area (Å²) in [6.45, 7) is 3.64. The Bertz CT molecular complexity index is 599. The van der Waals surface area contributed by atoms with Gasteiger partial charge in [-0.2, -0.15) is 0 Å². The summed E-state index contributed by atoms with van der Waals surface area (Å²) in [5, 5.41) is 6.00. The second-order valence-corrected chi connectivity index (χ2v) is 5.36. The van der Waals surface area contributed by atoms with Gasteiger partial charge in [0.1, 0.15) is 12.4 Å². The third kappa shape index (κ3) is 6.43. The molecule has 0 aromatic heterocycles. The van der Waals surface area contributed by atoms with Crippen LogP contribution >= 0.6 is 0 Å². The molecule has 122 valence electrons. The van der Waals surface area contributed by atoms with E-state index in [1.54, 1.807) is 0 Å². The molecule has 2 rings (SSSR count). The molecule has 0 saturated carbocycles. The molecule has 2 aromatic carbocycles. The van der Waals surface area contributed by atoms with E-state index in [9.17, 15) is 4.79 Å². The lowest BCUT2D eigenvalue weighted by molar-refractivity contribution is -0.119. The molecule has 2 aromatic rings. The summed E-state index contributed by atoms with van der Waals surface area (Å²) < 4.78 is 5.78. The second-order valence-electron chi connectivity index (χ2n) is 5.36. The highest BCUT2D eigenvalue weighted by atomic mass is 16.5. The van der Waals surface area contributed by atoms with Crippen LogP contribution in [0.2, 0.25) is 0 Å². The van der Waals surface area contributed by atoms with Crippen LogP contribution < -0.4 is 15.4 Å². The van der Waals surface area contributed by atoms with Crippen LogP contribution in [0, 0.1) is 0 Å². The lowest BCUT2D eigenvalue weighted by Gasteiger charge is -2.10. The Morgan fingerprint density at radius 3 is 2.70 bits per heavy atom. The number of unbranched alkanes of at least 4 members (excludes halogenated alkanes) is 1. The Hall–Kier alpha value is -2.49. The van der Waals surface area contributed by atoms with Gasteiger partial charge >= 0.3 is 0 Å². The molecule has 0 atom stereocenters. The van der Waals surface area contributed by atoms with E-state index in [0.29, 0.717) is 6.61 Å². The summed E-state index contributed by atoms with van der Waals surface area (Å²) in [5.74, 6) is 0.791. The number of nitrogens with one attached hydrogen (secondary N) is 2. The molecule has 0 unspecified atom stereocenters. The molecule has 0 radical (unpaired) electrons. The van der Waals surface area contributed by atoms with Gasteiger partial charge in [-0.05, 0) is 24.1 Å². The van der Waals surface area contributed by atoms with Gasteiger partial charge in [-0.25, -0.2) is 0 Å². The molecule has 23 heavy (non-hydrogen) atoms. The van der Waals surface area contributed by atoms with Crippen LogP contribution in [-0.2, 0) is 11.4 Å². The van der Waals surface area contributed by atoms with Gasteiger partial charge < -0.3 is 15.4 Å². The molecule has 1 amide bonds. The zero-order valence-electron chi connectivity index (χ0n) is 13.5. The molecule has 2 N–H and O–H groups in total. The van der Waals surface area contributed by atoms with E-state index in [1.165, 1.54) is 0 Å². The Labute approximate surface area is 137 Å². The zero-order chi connectivity index (χ0) is 16.3. The Morgan fingerprint density at radius 1 is 1.09 bits per heavy atom. The monoisotopic (exact) mass is 312 g/mol. The topological polar surface area (TPSA) is 50.4 Å². The maximum Gasteiger partial charge on any atom is 0.239 e. The van der Waals surface area contributed by atoms with E-state index in [-0.39, 0.29) is 12.5 Å². The van der Waals surface area contributed by atoms with Gasteiger partial charge in [0.25, 0.3) is 0 Å². The third-order valence-corrected chi connectivity index (χ3v) is 3.39. The molecule has 4 nitrogen and oxygen atoms in total. The van der Waals surface area contributed by atoms with E-state index >= 15 is 0 Å². The molecule has 0 aliphatic heterocycles. The SMILES string of the molecule is CCCCNC(=O)CNc1cccc(OCc2ccccc2)c1. The van der Waals surface area contributed by atoms with E-state index in [2.05, 4.69) is 17.6 Å². The first kappa shape index (κ1) is 16.9. The largest absolute Gasteiger partial charge is 0.489 e. The van der Waals surface area contributed by atoms with Crippen molar-refractivity contribution in [2.75, 3.05) is 18.4 Å². The first-order valence-electron chi connectivity index (χ1n) is 8.05. The fourth-order valence-corrected chi connectivity index (χ4v) is 2.09.